The monoisotopic (exact) mass is 270 g/mol. The third-order valence-corrected chi connectivity index (χ3v) is 1.75. The molecule has 0 unspecified atom stereocenters. The predicted octanol–water partition coefficient (Wildman–Crippen LogP) is -8.99. The van der Waals surface area contributed by atoms with Crippen molar-refractivity contribution in [2.75, 3.05) is 0 Å². The van der Waals surface area contributed by atoms with E-state index in [9.17, 15) is 21.4 Å². The summed E-state index contributed by atoms with van der Waals surface area (Å²) in [7, 11) is -10.7. The summed E-state index contributed by atoms with van der Waals surface area (Å²) in [4.78, 5) is 0. The molecule has 0 saturated heterocycles. The topological polar surface area (TPSA) is 133 Å². The number of hydrogen-bond donors (Lipinski definition) is 0. The third-order valence-electron chi connectivity index (χ3n) is 0.250. The zero-order valence-corrected chi connectivity index (χ0v) is 14.0. The van der Waals surface area contributed by atoms with E-state index in [2.05, 4.69) is 7.96 Å². The SMILES string of the molecule is O=S(=O)([O-])OS(=O)(=O)O[O-].[K+].[K+]. The molecule has 62 valence electrons. The Morgan fingerprint density at radius 2 is 1.33 bits per heavy atom. The molecule has 12 heavy (non-hydrogen) atoms. The van der Waals surface area contributed by atoms with Crippen LogP contribution in [0.3, 0.4) is 0 Å². The van der Waals surface area contributed by atoms with Crippen LogP contribution in [0.2, 0.25) is 0 Å². The summed E-state index contributed by atoms with van der Waals surface area (Å²) in [6.45, 7) is 0. The summed E-state index contributed by atoms with van der Waals surface area (Å²) in [6.07, 6.45) is 0. The zero-order chi connectivity index (χ0) is 8.41. The van der Waals surface area contributed by atoms with Crippen molar-refractivity contribution in [2.45, 2.75) is 0 Å². The van der Waals surface area contributed by atoms with Crippen LogP contribution in [0.5, 0.6) is 0 Å². The molecular formula is K2O8S2. The Hall–Kier alpha value is 3.01. The Morgan fingerprint density at radius 1 is 1.00 bits per heavy atom. The fourth-order valence-electron chi connectivity index (χ4n) is 0.113. The molecule has 0 fully saturated rings. The van der Waals surface area contributed by atoms with E-state index < -0.39 is 20.8 Å². The molecule has 0 radical (unpaired) electrons. The van der Waals surface area contributed by atoms with E-state index in [1.54, 1.807) is 0 Å². The van der Waals surface area contributed by atoms with Gasteiger partial charge in [-0.3, -0.25) is 0 Å². The smallest absolute Gasteiger partial charge is 0.725 e. The second kappa shape index (κ2) is 8.20. The van der Waals surface area contributed by atoms with Gasteiger partial charge >= 0.3 is 113 Å². The quantitative estimate of drug-likeness (QED) is 0.162. The summed E-state index contributed by atoms with van der Waals surface area (Å²) in [6, 6.07) is 0. The van der Waals surface area contributed by atoms with Crippen LogP contribution >= 0.6 is 0 Å². The third kappa shape index (κ3) is 13.0. The van der Waals surface area contributed by atoms with Crippen molar-refractivity contribution in [2.24, 2.45) is 0 Å². The summed E-state index contributed by atoms with van der Waals surface area (Å²) >= 11 is 0. The minimum atomic E-state index is -5.46. The largest absolute Gasteiger partial charge is 1.00 e. The predicted molar refractivity (Wildman–Crippen MR) is 20.8 cm³/mol. The van der Waals surface area contributed by atoms with Crippen LogP contribution in [-0.2, 0) is 28.8 Å². The average Bonchev–Trinajstić information content (AvgIpc) is 1.60. The van der Waals surface area contributed by atoms with Crippen molar-refractivity contribution in [1.82, 2.24) is 0 Å². The second-order valence-electron chi connectivity index (χ2n) is 0.953. The molecule has 0 bridgehead atoms. The molecule has 0 aromatic heterocycles. The van der Waals surface area contributed by atoms with E-state index in [1.165, 1.54) is 0 Å². The Kier molecular flexibility index (Phi) is 14.0. The summed E-state index contributed by atoms with van der Waals surface area (Å²) in [5.74, 6) is 0. The van der Waals surface area contributed by atoms with Gasteiger partial charge in [-0.05, 0) is 0 Å². The van der Waals surface area contributed by atoms with Crippen LogP contribution in [0.15, 0.2) is 0 Å². The molecule has 0 spiro atoms. The maximum absolute atomic E-state index is 9.68. The average molecular weight is 270 g/mol. The van der Waals surface area contributed by atoms with Crippen molar-refractivity contribution in [3.8, 4) is 0 Å². The molecule has 0 aliphatic carbocycles. The maximum atomic E-state index is 9.68. The molecule has 0 atom stereocenters. The molecule has 0 saturated carbocycles. The fraction of sp³-hybridized carbons (Fsp3) is 0. The van der Waals surface area contributed by atoms with Crippen LogP contribution in [0.25, 0.3) is 0 Å². The molecule has 0 N–H and O–H groups in total. The zero-order valence-electron chi connectivity index (χ0n) is 6.08. The Morgan fingerprint density at radius 3 is 1.42 bits per heavy atom. The van der Waals surface area contributed by atoms with Gasteiger partial charge in [0.05, 0.1) is 0 Å². The van der Waals surface area contributed by atoms with Crippen LogP contribution in [0, 0.1) is 0 Å². The van der Waals surface area contributed by atoms with Gasteiger partial charge in [0.15, 0.2) is 0 Å². The molecule has 0 aromatic rings. The van der Waals surface area contributed by atoms with Gasteiger partial charge in [-0.2, -0.15) is 8.42 Å². The van der Waals surface area contributed by atoms with E-state index in [0.717, 1.165) is 0 Å². The van der Waals surface area contributed by atoms with Crippen LogP contribution < -0.4 is 108 Å². The molecule has 0 rings (SSSR count). The molecule has 8 nitrogen and oxygen atoms in total. The second-order valence-corrected chi connectivity index (χ2v) is 3.27. The molecule has 12 heteroatoms. The molecule has 0 aliphatic heterocycles. The Labute approximate surface area is 154 Å². The van der Waals surface area contributed by atoms with Crippen molar-refractivity contribution in [3.63, 3.8) is 0 Å². The Bertz CT molecular complexity index is 283. The van der Waals surface area contributed by atoms with Crippen LogP contribution in [0.1, 0.15) is 0 Å². The van der Waals surface area contributed by atoms with Crippen LogP contribution in [-0.4, -0.2) is 21.4 Å². The summed E-state index contributed by atoms with van der Waals surface area (Å²) in [5, 5.41) is 9.01. The van der Waals surface area contributed by atoms with Gasteiger partial charge in [0.25, 0.3) is 0 Å². The van der Waals surface area contributed by atoms with Crippen LogP contribution in [0.4, 0.5) is 0 Å². The molecular weight excluding hydrogens is 270 g/mol. The van der Waals surface area contributed by atoms with Gasteiger partial charge in [0.1, 0.15) is 0 Å². The van der Waals surface area contributed by atoms with Gasteiger partial charge < -0.3 is 14.1 Å². The maximum Gasteiger partial charge on any atom is 1.00 e. The fourth-order valence-corrected chi connectivity index (χ4v) is 1.02. The van der Waals surface area contributed by atoms with Gasteiger partial charge in [-0.15, -0.1) is 3.63 Å². The minimum absolute atomic E-state index is 0. The standard InChI is InChI=1S/2K.H2O8S2/c;;1-7-10(5,6)8-9(2,3)4/h;;1H,(H,2,3,4)/q2*+1;/p-2. The molecule has 0 aromatic carbocycles. The molecule has 0 aliphatic rings. The Balaban J connectivity index is -0.000000405. The van der Waals surface area contributed by atoms with E-state index in [0.29, 0.717) is 0 Å². The van der Waals surface area contributed by atoms with E-state index >= 15 is 0 Å². The van der Waals surface area contributed by atoms with Gasteiger partial charge in [-0.1, -0.05) is 0 Å². The molecule has 0 heterocycles. The van der Waals surface area contributed by atoms with Crippen molar-refractivity contribution < 1.29 is 137 Å². The minimum Gasteiger partial charge on any atom is -0.725 e. The first-order valence-electron chi connectivity index (χ1n) is 1.50. The van der Waals surface area contributed by atoms with E-state index in [-0.39, 0.29) is 103 Å². The summed E-state index contributed by atoms with van der Waals surface area (Å²) < 4.78 is 52.5. The van der Waals surface area contributed by atoms with Crippen molar-refractivity contribution in [1.29, 1.82) is 0 Å². The molecule has 0 amide bonds. The van der Waals surface area contributed by atoms with Gasteiger partial charge in [0.2, 0.25) is 10.4 Å². The van der Waals surface area contributed by atoms with E-state index in [4.69, 9.17) is 5.26 Å². The first-order chi connectivity index (χ1) is 4.27. The number of hydrogen-bond acceptors (Lipinski definition) is 8. The van der Waals surface area contributed by atoms with E-state index in [1.807, 2.05) is 0 Å². The number of rotatable bonds is 3. The normalized spacial score (nSPS) is 11.2. The summed E-state index contributed by atoms with van der Waals surface area (Å²) in [5.41, 5.74) is 0. The van der Waals surface area contributed by atoms with Crippen molar-refractivity contribution in [3.05, 3.63) is 0 Å². The van der Waals surface area contributed by atoms with Crippen molar-refractivity contribution >= 4 is 20.8 Å². The first-order valence-corrected chi connectivity index (χ1v) is 4.17. The first kappa shape index (κ1) is 20.4. The van der Waals surface area contributed by atoms with Gasteiger partial charge in [-0.25, -0.2) is 8.42 Å². The van der Waals surface area contributed by atoms with Gasteiger partial charge in [0, 0.05) is 0 Å².